The second-order valence-electron chi connectivity index (χ2n) is 5.60. The fourth-order valence-electron chi connectivity index (χ4n) is 2.11. The van der Waals surface area contributed by atoms with E-state index >= 15 is 0 Å². The standard InChI is InChI=1S/C15H17N7O2/c1-9(2)15(24)19-12-6-22(21-20-12)7-13(23)18-11-5-3-4-10-14(11)17-8-16-10/h3-6,8-9H,7H2,1-2H3,(H,16,17)(H,18,23)(H,19,24). The van der Waals surface area contributed by atoms with Crippen molar-refractivity contribution in [1.82, 2.24) is 25.0 Å². The topological polar surface area (TPSA) is 118 Å². The van der Waals surface area contributed by atoms with Crippen LogP contribution in [0.4, 0.5) is 11.5 Å². The zero-order valence-electron chi connectivity index (χ0n) is 13.3. The summed E-state index contributed by atoms with van der Waals surface area (Å²) in [6.45, 7) is 3.54. The number of aromatic amines is 1. The van der Waals surface area contributed by atoms with Crippen LogP contribution in [-0.2, 0) is 16.1 Å². The first kappa shape index (κ1) is 15.7. The largest absolute Gasteiger partial charge is 0.345 e. The summed E-state index contributed by atoms with van der Waals surface area (Å²) in [5, 5.41) is 13.1. The number of nitrogens with zero attached hydrogens (tertiary/aromatic N) is 4. The first-order valence-corrected chi connectivity index (χ1v) is 7.46. The van der Waals surface area contributed by atoms with E-state index in [4.69, 9.17) is 0 Å². The van der Waals surface area contributed by atoms with Crippen LogP contribution in [0.25, 0.3) is 11.0 Å². The number of hydrogen-bond acceptors (Lipinski definition) is 5. The Bertz CT molecular complexity index is 881. The number of hydrogen-bond donors (Lipinski definition) is 3. The minimum atomic E-state index is -0.267. The monoisotopic (exact) mass is 327 g/mol. The number of amides is 2. The molecule has 0 unspecified atom stereocenters. The van der Waals surface area contributed by atoms with E-state index in [1.165, 1.54) is 10.9 Å². The highest BCUT2D eigenvalue weighted by molar-refractivity contribution is 5.99. The molecule has 3 N–H and O–H groups in total. The number of carbonyl (C=O) groups excluding carboxylic acids is 2. The molecule has 0 saturated heterocycles. The predicted molar refractivity (Wildman–Crippen MR) is 88.2 cm³/mol. The Hall–Kier alpha value is -3.23. The lowest BCUT2D eigenvalue weighted by Gasteiger charge is -2.05. The Labute approximate surface area is 137 Å². The summed E-state index contributed by atoms with van der Waals surface area (Å²) >= 11 is 0. The molecule has 0 aliphatic rings. The molecule has 0 atom stereocenters. The lowest BCUT2D eigenvalue weighted by molar-refractivity contribution is -0.119. The van der Waals surface area contributed by atoms with Gasteiger partial charge >= 0.3 is 0 Å². The van der Waals surface area contributed by atoms with Crippen LogP contribution in [0.3, 0.4) is 0 Å². The average Bonchev–Trinajstić information content (AvgIpc) is 3.17. The van der Waals surface area contributed by atoms with Crippen LogP contribution in [0.2, 0.25) is 0 Å². The Morgan fingerprint density at radius 3 is 2.92 bits per heavy atom. The van der Waals surface area contributed by atoms with Crippen molar-refractivity contribution in [3.8, 4) is 0 Å². The maximum absolute atomic E-state index is 12.2. The number of aromatic nitrogens is 5. The molecule has 0 radical (unpaired) electrons. The van der Waals surface area contributed by atoms with Crippen molar-refractivity contribution in [2.45, 2.75) is 20.4 Å². The number of rotatable bonds is 5. The summed E-state index contributed by atoms with van der Waals surface area (Å²) in [5.74, 6) is -0.266. The number of benzene rings is 1. The van der Waals surface area contributed by atoms with Crippen LogP contribution in [0.1, 0.15) is 13.8 Å². The molecule has 9 heteroatoms. The van der Waals surface area contributed by atoms with Crippen molar-refractivity contribution < 1.29 is 9.59 Å². The van der Waals surface area contributed by atoms with E-state index < -0.39 is 0 Å². The molecule has 3 rings (SSSR count). The van der Waals surface area contributed by atoms with E-state index in [0.717, 1.165) is 5.52 Å². The smallest absolute Gasteiger partial charge is 0.246 e. The highest BCUT2D eigenvalue weighted by atomic mass is 16.2. The van der Waals surface area contributed by atoms with E-state index in [0.29, 0.717) is 17.0 Å². The zero-order valence-corrected chi connectivity index (χ0v) is 13.3. The number of nitrogens with one attached hydrogen (secondary N) is 3. The lowest BCUT2D eigenvalue weighted by Crippen LogP contribution is -2.19. The number of fused-ring (bicyclic) bond motifs is 1. The number of para-hydroxylation sites is 1. The van der Waals surface area contributed by atoms with Gasteiger partial charge in [0.2, 0.25) is 11.8 Å². The van der Waals surface area contributed by atoms with E-state index in [2.05, 4.69) is 30.9 Å². The molecule has 3 aromatic rings. The van der Waals surface area contributed by atoms with Gasteiger partial charge in [0.15, 0.2) is 5.82 Å². The van der Waals surface area contributed by atoms with Crippen molar-refractivity contribution in [3.63, 3.8) is 0 Å². The van der Waals surface area contributed by atoms with Crippen molar-refractivity contribution in [3.05, 3.63) is 30.7 Å². The highest BCUT2D eigenvalue weighted by Crippen LogP contribution is 2.19. The third kappa shape index (κ3) is 3.40. The van der Waals surface area contributed by atoms with Gasteiger partial charge in [0.05, 0.1) is 23.7 Å². The molecule has 124 valence electrons. The van der Waals surface area contributed by atoms with E-state index in [1.54, 1.807) is 26.2 Å². The quantitative estimate of drug-likeness (QED) is 0.654. The molecule has 0 fully saturated rings. The lowest BCUT2D eigenvalue weighted by atomic mass is 10.2. The summed E-state index contributed by atoms with van der Waals surface area (Å²) in [4.78, 5) is 30.9. The predicted octanol–water partition coefficient (Wildman–Crippen LogP) is 1.39. The minimum Gasteiger partial charge on any atom is -0.345 e. The number of anilines is 2. The first-order chi connectivity index (χ1) is 11.5. The van der Waals surface area contributed by atoms with Crippen molar-refractivity contribution >= 4 is 34.4 Å². The highest BCUT2D eigenvalue weighted by Gasteiger charge is 2.12. The number of imidazole rings is 1. The summed E-state index contributed by atoms with van der Waals surface area (Å²) in [7, 11) is 0. The summed E-state index contributed by atoms with van der Waals surface area (Å²) in [5.41, 5.74) is 2.15. The van der Waals surface area contributed by atoms with Gasteiger partial charge in [0, 0.05) is 5.92 Å². The molecule has 24 heavy (non-hydrogen) atoms. The Balaban J connectivity index is 1.64. The normalized spacial score (nSPS) is 11.0. The molecule has 1 aromatic carbocycles. The van der Waals surface area contributed by atoms with Gasteiger partial charge in [-0.1, -0.05) is 25.1 Å². The van der Waals surface area contributed by atoms with Crippen molar-refractivity contribution in [2.75, 3.05) is 10.6 Å². The van der Waals surface area contributed by atoms with Gasteiger partial charge < -0.3 is 15.6 Å². The Kier molecular flexibility index (Phi) is 4.23. The van der Waals surface area contributed by atoms with Crippen LogP contribution in [0.15, 0.2) is 30.7 Å². The third-order valence-electron chi connectivity index (χ3n) is 3.34. The van der Waals surface area contributed by atoms with Crippen LogP contribution in [0, 0.1) is 5.92 Å². The second kappa shape index (κ2) is 6.49. The van der Waals surface area contributed by atoms with E-state index in [1.807, 2.05) is 12.1 Å². The number of H-pyrrole nitrogens is 1. The number of carbonyl (C=O) groups is 2. The molecule has 0 saturated carbocycles. The Morgan fingerprint density at radius 1 is 1.29 bits per heavy atom. The molecule has 0 bridgehead atoms. The molecule has 0 aliphatic heterocycles. The maximum atomic E-state index is 12.2. The fourth-order valence-corrected chi connectivity index (χ4v) is 2.11. The summed E-state index contributed by atoms with van der Waals surface area (Å²) in [6, 6.07) is 5.47. The molecular formula is C15H17N7O2. The zero-order chi connectivity index (χ0) is 17.1. The molecule has 0 aliphatic carbocycles. The molecule has 2 amide bonds. The SMILES string of the molecule is CC(C)C(=O)Nc1cn(CC(=O)Nc2cccc3[nH]cnc23)nn1. The van der Waals surface area contributed by atoms with Crippen LogP contribution in [-0.4, -0.2) is 36.8 Å². The third-order valence-corrected chi connectivity index (χ3v) is 3.34. The molecular weight excluding hydrogens is 310 g/mol. The fraction of sp³-hybridized carbons (Fsp3) is 0.267. The van der Waals surface area contributed by atoms with Gasteiger partial charge in [-0.3, -0.25) is 9.59 Å². The van der Waals surface area contributed by atoms with Crippen molar-refractivity contribution in [1.29, 1.82) is 0 Å². The van der Waals surface area contributed by atoms with E-state index in [-0.39, 0.29) is 24.3 Å². The van der Waals surface area contributed by atoms with Crippen molar-refractivity contribution in [2.24, 2.45) is 5.92 Å². The summed E-state index contributed by atoms with van der Waals surface area (Å²) in [6.07, 6.45) is 3.08. The van der Waals surface area contributed by atoms with Gasteiger partial charge in [-0.15, -0.1) is 5.10 Å². The molecule has 9 nitrogen and oxygen atoms in total. The second-order valence-corrected chi connectivity index (χ2v) is 5.60. The van der Waals surface area contributed by atoms with Crippen LogP contribution >= 0.6 is 0 Å². The van der Waals surface area contributed by atoms with Crippen LogP contribution < -0.4 is 10.6 Å². The van der Waals surface area contributed by atoms with Crippen LogP contribution in [0.5, 0.6) is 0 Å². The average molecular weight is 327 g/mol. The Morgan fingerprint density at radius 2 is 2.12 bits per heavy atom. The maximum Gasteiger partial charge on any atom is 0.246 e. The molecule has 0 spiro atoms. The van der Waals surface area contributed by atoms with Gasteiger partial charge in [-0.05, 0) is 12.1 Å². The van der Waals surface area contributed by atoms with Gasteiger partial charge in [-0.25, -0.2) is 9.67 Å². The van der Waals surface area contributed by atoms with Gasteiger partial charge in [0.25, 0.3) is 0 Å². The van der Waals surface area contributed by atoms with Gasteiger partial charge in [-0.2, -0.15) is 0 Å². The first-order valence-electron chi connectivity index (χ1n) is 7.46. The van der Waals surface area contributed by atoms with E-state index in [9.17, 15) is 9.59 Å². The molecule has 2 heterocycles. The van der Waals surface area contributed by atoms with Gasteiger partial charge in [0.1, 0.15) is 12.1 Å². The summed E-state index contributed by atoms with van der Waals surface area (Å²) < 4.78 is 1.36. The molecule has 2 aromatic heterocycles. The minimum absolute atomic E-state index is 0.0225.